The van der Waals surface area contributed by atoms with Gasteiger partial charge in [-0.25, -0.2) is 9.50 Å². The molecule has 13 heavy (non-hydrogen) atoms. The molecule has 2 aromatic rings. The molecule has 0 radical (unpaired) electrons. The minimum absolute atomic E-state index is 0.0626. The third kappa shape index (κ3) is 1.24. The lowest BCUT2D eigenvalue weighted by Gasteiger charge is -1.93. The maximum absolute atomic E-state index is 11.3. The van der Waals surface area contributed by atoms with Crippen LogP contribution in [0.25, 0.3) is 5.65 Å². The highest BCUT2D eigenvalue weighted by Crippen LogP contribution is 2.06. The second-order valence-electron chi connectivity index (χ2n) is 2.99. The van der Waals surface area contributed by atoms with Crippen LogP contribution in [0.3, 0.4) is 0 Å². The lowest BCUT2D eigenvalue weighted by atomic mass is 10.2. The smallest absolute Gasteiger partial charge is 0.272 e. The molecular formula is C9H11N3O. The maximum Gasteiger partial charge on any atom is 0.272 e. The van der Waals surface area contributed by atoms with Crippen molar-refractivity contribution < 1.29 is 0 Å². The van der Waals surface area contributed by atoms with Gasteiger partial charge >= 0.3 is 0 Å². The molecule has 0 aliphatic carbocycles. The predicted molar refractivity (Wildman–Crippen MR) is 49.8 cm³/mol. The first-order valence-electron chi connectivity index (χ1n) is 4.37. The monoisotopic (exact) mass is 177 g/mol. The highest BCUT2D eigenvalue weighted by Gasteiger charge is 2.03. The van der Waals surface area contributed by atoms with Crippen LogP contribution >= 0.6 is 0 Å². The minimum Gasteiger partial charge on any atom is -0.297 e. The summed E-state index contributed by atoms with van der Waals surface area (Å²) >= 11 is 0. The molecule has 0 unspecified atom stereocenters. The summed E-state index contributed by atoms with van der Waals surface area (Å²) in [5.41, 5.74) is 1.78. The number of nitrogens with zero attached hydrogens (tertiary/aromatic N) is 2. The summed E-state index contributed by atoms with van der Waals surface area (Å²) in [6, 6.07) is 1.44. The first-order chi connectivity index (χ1) is 6.33. The molecule has 0 fully saturated rings. The van der Waals surface area contributed by atoms with Crippen molar-refractivity contribution in [3.63, 3.8) is 0 Å². The van der Waals surface area contributed by atoms with E-state index in [1.54, 1.807) is 6.20 Å². The third-order valence-electron chi connectivity index (χ3n) is 2.02. The molecule has 2 heterocycles. The molecule has 4 nitrogen and oxygen atoms in total. The van der Waals surface area contributed by atoms with Gasteiger partial charge in [-0.1, -0.05) is 13.3 Å². The Hall–Kier alpha value is -1.58. The fraction of sp³-hybridized carbons (Fsp3) is 0.333. The Morgan fingerprint density at radius 2 is 2.46 bits per heavy atom. The molecule has 0 amide bonds. The summed E-state index contributed by atoms with van der Waals surface area (Å²) in [6.07, 6.45) is 5.39. The summed E-state index contributed by atoms with van der Waals surface area (Å²) in [6.45, 7) is 2.10. The lowest BCUT2D eigenvalue weighted by molar-refractivity contribution is 0.897. The molecular weight excluding hydrogens is 166 g/mol. The SMILES string of the molecule is CCCc1c[nH]n2c(=O)ccnc12. The van der Waals surface area contributed by atoms with E-state index in [1.165, 1.54) is 10.6 Å². The average Bonchev–Trinajstić information content (AvgIpc) is 2.51. The molecule has 4 heteroatoms. The fourth-order valence-electron chi connectivity index (χ4n) is 1.42. The molecule has 68 valence electrons. The van der Waals surface area contributed by atoms with Gasteiger partial charge in [0.1, 0.15) is 0 Å². The van der Waals surface area contributed by atoms with Gasteiger partial charge in [-0.05, 0) is 6.42 Å². The van der Waals surface area contributed by atoms with Crippen molar-refractivity contribution in [1.82, 2.24) is 14.6 Å². The van der Waals surface area contributed by atoms with Crippen LogP contribution in [0.1, 0.15) is 18.9 Å². The van der Waals surface area contributed by atoms with E-state index in [-0.39, 0.29) is 5.56 Å². The molecule has 0 spiro atoms. The molecule has 2 aromatic heterocycles. The molecule has 2 rings (SSSR count). The van der Waals surface area contributed by atoms with Crippen molar-refractivity contribution >= 4 is 5.65 Å². The Kier molecular flexibility index (Phi) is 1.88. The van der Waals surface area contributed by atoms with E-state index in [2.05, 4.69) is 17.0 Å². The fourth-order valence-corrected chi connectivity index (χ4v) is 1.42. The second kappa shape index (κ2) is 3.05. The number of aryl methyl sites for hydroxylation is 1. The minimum atomic E-state index is -0.0626. The molecule has 0 aliphatic heterocycles. The highest BCUT2D eigenvalue weighted by molar-refractivity contribution is 5.45. The van der Waals surface area contributed by atoms with Crippen molar-refractivity contribution in [2.24, 2.45) is 0 Å². The van der Waals surface area contributed by atoms with E-state index < -0.39 is 0 Å². The number of hydrogen-bond donors (Lipinski definition) is 1. The molecule has 1 N–H and O–H groups in total. The van der Waals surface area contributed by atoms with E-state index in [0.717, 1.165) is 24.1 Å². The zero-order valence-electron chi connectivity index (χ0n) is 7.45. The topological polar surface area (TPSA) is 50.2 Å². The number of H-pyrrole nitrogens is 1. The zero-order valence-corrected chi connectivity index (χ0v) is 7.45. The number of nitrogens with one attached hydrogen (secondary N) is 1. The summed E-state index contributed by atoms with van der Waals surface area (Å²) in [5.74, 6) is 0. The van der Waals surface area contributed by atoms with Crippen LogP contribution in [-0.2, 0) is 6.42 Å². The first kappa shape index (κ1) is 8.04. The van der Waals surface area contributed by atoms with Crippen molar-refractivity contribution in [2.45, 2.75) is 19.8 Å². The number of aromatic nitrogens is 3. The maximum atomic E-state index is 11.3. The highest BCUT2D eigenvalue weighted by atomic mass is 16.1. The number of aromatic amines is 1. The van der Waals surface area contributed by atoms with Gasteiger partial charge in [-0.15, -0.1) is 0 Å². The third-order valence-corrected chi connectivity index (χ3v) is 2.02. The molecule has 0 bridgehead atoms. The first-order valence-corrected chi connectivity index (χ1v) is 4.37. The Morgan fingerprint density at radius 3 is 3.23 bits per heavy atom. The van der Waals surface area contributed by atoms with Crippen molar-refractivity contribution in [3.05, 3.63) is 34.4 Å². The Balaban J connectivity index is 2.68. The van der Waals surface area contributed by atoms with E-state index in [1.807, 2.05) is 6.20 Å². The van der Waals surface area contributed by atoms with Crippen LogP contribution in [0.2, 0.25) is 0 Å². The van der Waals surface area contributed by atoms with Crippen LogP contribution in [0, 0.1) is 0 Å². The van der Waals surface area contributed by atoms with Gasteiger partial charge in [-0.2, -0.15) is 0 Å². The molecule has 0 atom stereocenters. The van der Waals surface area contributed by atoms with Crippen LogP contribution in [0.15, 0.2) is 23.3 Å². The van der Waals surface area contributed by atoms with Gasteiger partial charge < -0.3 is 0 Å². The normalized spacial score (nSPS) is 10.8. The largest absolute Gasteiger partial charge is 0.297 e. The van der Waals surface area contributed by atoms with E-state index in [9.17, 15) is 4.79 Å². The Labute approximate surface area is 75.2 Å². The summed E-state index contributed by atoms with van der Waals surface area (Å²) in [7, 11) is 0. The van der Waals surface area contributed by atoms with Gasteiger partial charge in [0.05, 0.1) is 0 Å². The standard InChI is InChI=1S/C9H11N3O/c1-2-3-7-6-11-12-8(13)4-5-10-9(7)12/h4-6,11H,2-3H2,1H3. The van der Waals surface area contributed by atoms with Gasteiger partial charge in [0.2, 0.25) is 0 Å². The zero-order chi connectivity index (χ0) is 9.26. The van der Waals surface area contributed by atoms with Gasteiger partial charge in [0.15, 0.2) is 5.65 Å². The molecule has 0 aliphatic rings. The summed E-state index contributed by atoms with van der Waals surface area (Å²) in [5, 5.41) is 2.88. The van der Waals surface area contributed by atoms with E-state index in [0.29, 0.717) is 0 Å². The Bertz CT molecular complexity index is 469. The summed E-state index contributed by atoms with van der Waals surface area (Å²) in [4.78, 5) is 15.4. The Morgan fingerprint density at radius 1 is 1.62 bits per heavy atom. The number of fused-ring (bicyclic) bond motifs is 1. The molecule has 0 saturated carbocycles. The van der Waals surface area contributed by atoms with E-state index >= 15 is 0 Å². The van der Waals surface area contributed by atoms with Crippen LogP contribution in [-0.4, -0.2) is 14.6 Å². The van der Waals surface area contributed by atoms with Crippen LogP contribution in [0.4, 0.5) is 0 Å². The quantitative estimate of drug-likeness (QED) is 0.743. The summed E-state index contributed by atoms with van der Waals surface area (Å²) < 4.78 is 1.46. The van der Waals surface area contributed by atoms with Crippen LogP contribution < -0.4 is 5.56 Å². The number of hydrogen-bond acceptors (Lipinski definition) is 2. The van der Waals surface area contributed by atoms with E-state index in [4.69, 9.17) is 0 Å². The van der Waals surface area contributed by atoms with Gasteiger partial charge in [0, 0.05) is 24.0 Å². The van der Waals surface area contributed by atoms with Gasteiger partial charge in [0.25, 0.3) is 5.56 Å². The van der Waals surface area contributed by atoms with Crippen molar-refractivity contribution in [3.8, 4) is 0 Å². The number of rotatable bonds is 2. The second-order valence-corrected chi connectivity index (χ2v) is 2.99. The van der Waals surface area contributed by atoms with Crippen LogP contribution in [0.5, 0.6) is 0 Å². The molecule has 0 saturated heterocycles. The lowest BCUT2D eigenvalue weighted by Crippen LogP contribution is -2.12. The average molecular weight is 177 g/mol. The van der Waals surface area contributed by atoms with Gasteiger partial charge in [-0.3, -0.25) is 9.89 Å². The van der Waals surface area contributed by atoms with Crippen molar-refractivity contribution in [2.75, 3.05) is 0 Å². The molecule has 0 aromatic carbocycles. The van der Waals surface area contributed by atoms with Crippen molar-refractivity contribution in [1.29, 1.82) is 0 Å². The predicted octanol–water partition coefficient (Wildman–Crippen LogP) is 0.975.